The Balaban J connectivity index is 0.00000147. The van der Waals surface area contributed by atoms with Crippen molar-refractivity contribution in [2.75, 3.05) is 26.2 Å². The van der Waals surface area contributed by atoms with Gasteiger partial charge in [0, 0.05) is 26.2 Å². The van der Waals surface area contributed by atoms with E-state index in [4.69, 9.17) is 4.74 Å². The number of carbonyl (C=O) groups is 1. The highest BCUT2D eigenvalue weighted by atomic mass is 35.5. The molecule has 0 saturated carbocycles. The second-order valence-electron chi connectivity index (χ2n) is 5.03. The number of aromatic hydroxyl groups is 1. The third kappa shape index (κ3) is 3.06. The Morgan fingerprint density at radius 1 is 1.40 bits per heavy atom. The molecule has 1 saturated heterocycles. The minimum Gasteiger partial charge on any atom is -0.508 e. The molecule has 3 rings (SSSR count). The van der Waals surface area contributed by atoms with Crippen LogP contribution in [0.25, 0.3) is 0 Å². The Bertz CT molecular complexity index is 489. The van der Waals surface area contributed by atoms with Crippen LogP contribution in [-0.2, 0) is 22.5 Å². The SMILES string of the molecule is Cl.O=C(C1CNCCO1)N1CCc2ccc(O)cc2C1. The van der Waals surface area contributed by atoms with Gasteiger partial charge in [-0.05, 0) is 29.7 Å². The van der Waals surface area contributed by atoms with Gasteiger partial charge in [-0.25, -0.2) is 0 Å². The predicted octanol–water partition coefficient (Wildman–Crippen LogP) is 0.687. The van der Waals surface area contributed by atoms with E-state index in [0.29, 0.717) is 19.7 Å². The molecule has 5 nitrogen and oxygen atoms in total. The van der Waals surface area contributed by atoms with Crippen molar-refractivity contribution in [3.8, 4) is 5.75 Å². The molecule has 0 spiro atoms. The first-order chi connectivity index (χ1) is 9.24. The van der Waals surface area contributed by atoms with Crippen molar-refractivity contribution in [1.82, 2.24) is 10.2 Å². The fraction of sp³-hybridized carbons (Fsp3) is 0.500. The van der Waals surface area contributed by atoms with E-state index in [-0.39, 0.29) is 30.2 Å². The van der Waals surface area contributed by atoms with Crippen molar-refractivity contribution in [2.45, 2.75) is 19.1 Å². The maximum atomic E-state index is 12.3. The first-order valence-electron chi connectivity index (χ1n) is 6.66. The summed E-state index contributed by atoms with van der Waals surface area (Å²) < 4.78 is 5.50. The molecule has 2 aliphatic rings. The van der Waals surface area contributed by atoms with Gasteiger partial charge in [0.15, 0.2) is 0 Å². The fourth-order valence-electron chi connectivity index (χ4n) is 2.66. The molecule has 0 bridgehead atoms. The molecular weight excluding hydrogens is 280 g/mol. The van der Waals surface area contributed by atoms with Crippen molar-refractivity contribution in [1.29, 1.82) is 0 Å². The van der Waals surface area contributed by atoms with E-state index in [0.717, 1.165) is 25.1 Å². The van der Waals surface area contributed by atoms with E-state index in [1.807, 2.05) is 11.0 Å². The van der Waals surface area contributed by atoms with Crippen LogP contribution in [0.4, 0.5) is 0 Å². The van der Waals surface area contributed by atoms with Crippen molar-refractivity contribution in [3.63, 3.8) is 0 Å². The highest BCUT2D eigenvalue weighted by Gasteiger charge is 2.29. The van der Waals surface area contributed by atoms with Gasteiger partial charge in [-0.1, -0.05) is 6.07 Å². The molecule has 2 heterocycles. The first kappa shape index (κ1) is 15.1. The van der Waals surface area contributed by atoms with Crippen LogP contribution in [0.3, 0.4) is 0 Å². The molecule has 2 aliphatic heterocycles. The molecule has 110 valence electrons. The number of hydrogen-bond donors (Lipinski definition) is 2. The van der Waals surface area contributed by atoms with E-state index in [2.05, 4.69) is 5.32 Å². The summed E-state index contributed by atoms with van der Waals surface area (Å²) in [7, 11) is 0. The summed E-state index contributed by atoms with van der Waals surface area (Å²) in [4.78, 5) is 14.2. The van der Waals surface area contributed by atoms with E-state index < -0.39 is 0 Å². The molecule has 1 amide bonds. The van der Waals surface area contributed by atoms with Crippen LogP contribution in [-0.4, -0.2) is 48.3 Å². The standard InChI is InChI=1S/C14H18N2O3.ClH/c17-12-2-1-10-3-5-16(9-11(10)7-12)14(18)13-8-15-4-6-19-13;/h1-2,7,13,15,17H,3-6,8-9H2;1H. The van der Waals surface area contributed by atoms with Crippen LogP contribution >= 0.6 is 12.4 Å². The normalized spacial score (nSPS) is 21.8. The molecule has 1 unspecified atom stereocenters. The van der Waals surface area contributed by atoms with E-state index in [1.54, 1.807) is 12.1 Å². The Hall–Kier alpha value is -1.30. The molecule has 0 radical (unpaired) electrons. The van der Waals surface area contributed by atoms with Gasteiger partial charge in [0.05, 0.1) is 6.61 Å². The van der Waals surface area contributed by atoms with Gasteiger partial charge in [0.25, 0.3) is 5.91 Å². The molecule has 2 N–H and O–H groups in total. The summed E-state index contributed by atoms with van der Waals surface area (Å²) in [6, 6.07) is 5.38. The molecular formula is C14H19ClN2O3. The predicted molar refractivity (Wildman–Crippen MR) is 77.1 cm³/mol. The largest absolute Gasteiger partial charge is 0.508 e. The van der Waals surface area contributed by atoms with E-state index >= 15 is 0 Å². The lowest BCUT2D eigenvalue weighted by Crippen LogP contribution is -2.50. The van der Waals surface area contributed by atoms with E-state index in [9.17, 15) is 9.90 Å². The average molecular weight is 299 g/mol. The average Bonchev–Trinajstić information content (AvgIpc) is 2.46. The Morgan fingerprint density at radius 3 is 3.00 bits per heavy atom. The smallest absolute Gasteiger partial charge is 0.253 e. The first-order valence-corrected chi connectivity index (χ1v) is 6.66. The van der Waals surface area contributed by atoms with Crippen LogP contribution in [0, 0.1) is 0 Å². The number of nitrogens with zero attached hydrogens (tertiary/aromatic N) is 1. The minimum absolute atomic E-state index is 0. The zero-order valence-electron chi connectivity index (χ0n) is 11.2. The van der Waals surface area contributed by atoms with Crippen molar-refractivity contribution in [2.24, 2.45) is 0 Å². The minimum atomic E-state index is -0.368. The Morgan fingerprint density at radius 2 is 2.25 bits per heavy atom. The van der Waals surface area contributed by atoms with Crippen LogP contribution in [0.1, 0.15) is 11.1 Å². The van der Waals surface area contributed by atoms with E-state index in [1.165, 1.54) is 5.56 Å². The third-order valence-corrected chi connectivity index (χ3v) is 3.72. The zero-order chi connectivity index (χ0) is 13.2. The Labute approximate surface area is 124 Å². The summed E-state index contributed by atoms with van der Waals surface area (Å²) in [5, 5.41) is 12.7. The lowest BCUT2D eigenvalue weighted by Gasteiger charge is -2.33. The van der Waals surface area contributed by atoms with Crippen molar-refractivity contribution >= 4 is 18.3 Å². The number of benzene rings is 1. The van der Waals surface area contributed by atoms with Crippen LogP contribution in [0.5, 0.6) is 5.75 Å². The second-order valence-corrected chi connectivity index (χ2v) is 5.03. The highest BCUT2D eigenvalue weighted by Crippen LogP contribution is 2.23. The molecule has 20 heavy (non-hydrogen) atoms. The maximum absolute atomic E-state index is 12.3. The zero-order valence-corrected chi connectivity index (χ0v) is 12.0. The number of hydrogen-bond acceptors (Lipinski definition) is 4. The molecule has 1 aromatic carbocycles. The summed E-state index contributed by atoms with van der Waals surface area (Å²) in [5.41, 5.74) is 2.24. The number of rotatable bonds is 1. The number of fused-ring (bicyclic) bond motifs is 1. The number of phenols is 1. The van der Waals surface area contributed by atoms with Gasteiger partial charge in [0.2, 0.25) is 0 Å². The van der Waals surface area contributed by atoms with Crippen LogP contribution < -0.4 is 5.32 Å². The van der Waals surface area contributed by atoms with Gasteiger partial charge in [-0.2, -0.15) is 0 Å². The number of ether oxygens (including phenoxy) is 1. The topological polar surface area (TPSA) is 61.8 Å². The molecule has 0 aromatic heterocycles. The number of phenolic OH excluding ortho intramolecular Hbond substituents is 1. The summed E-state index contributed by atoms with van der Waals surface area (Å²) in [6.07, 6.45) is 0.467. The summed E-state index contributed by atoms with van der Waals surface area (Å²) in [5.74, 6) is 0.296. The van der Waals surface area contributed by atoms with Crippen molar-refractivity contribution in [3.05, 3.63) is 29.3 Å². The maximum Gasteiger partial charge on any atom is 0.253 e. The van der Waals surface area contributed by atoms with Crippen LogP contribution in [0.2, 0.25) is 0 Å². The number of halogens is 1. The number of morpholine rings is 1. The van der Waals surface area contributed by atoms with Crippen LogP contribution in [0.15, 0.2) is 18.2 Å². The van der Waals surface area contributed by atoms with Gasteiger partial charge in [-0.15, -0.1) is 12.4 Å². The van der Waals surface area contributed by atoms with Gasteiger partial charge < -0.3 is 20.1 Å². The third-order valence-electron chi connectivity index (χ3n) is 3.72. The number of carbonyl (C=O) groups excluding carboxylic acids is 1. The molecule has 6 heteroatoms. The van der Waals surface area contributed by atoms with Gasteiger partial charge in [0.1, 0.15) is 11.9 Å². The fourth-order valence-corrected chi connectivity index (χ4v) is 2.66. The molecule has 0 aliphatic carbocycles. The van der Waals surface area contributed by atoms with Crippen molar-refractivity contribution < 1.29 is 14.6 Å². The van der Waals surface area contributed by atoms with Gasteiger partial charge in [-0.3, -0.25) is 4.79 Å². The summed E-state index contributed by atoms with van der Waals surface area (Å²) >= 11 is 0. The molecule has 1 aromatic rings. The van der Waals surface area contributed by atoms with Gasteiger partial charge >= 0.3 is 0 Å². The molecule has 1 fully saturated rings. The quantitative estimate of drug-likeness (QED) is 0.801. The number of nitrogens with one attached hydrogen (secondary N) is 1. The molecule has 1 atom stereocenters. The second kappa shape index (κ2) is 6.43. The monoisotopic (exact) mass is 298 g/mol. The highest BCUT2D eigenvalue weighted by molar-refractivity contribution is 5.85. The lowest BCUT2D eigenvalue weighted by atomic mass is 9.99. The summed E-state index contributed by atoms with van der Waals surface area (Å²) in [6.45, 7) is 3.25. The number of amides is 1. The lowest BCUT2D eigenvalue weighted by molar-refractivity contribution is -0.146. The Kier molecular flexibility index (Phi) is 4.86.